The lowest BCUT2D eigenvalue weighted by Crippen LogP contribution is -2.17. The Labute approximate surface area is 71.9 Å². The molecule has 3 heteroatoms. The van der Waals surface area contributed by atoms with Gasteiger partial charge in [-0.1, -0.05) is 20.8 Å². The molecule has 0 aliphatic rings. The van der Waals surface area contributed by atoms with Crippen molar-refractivity contribution in [3.8, 4) is 0 Å². The summed E-state index contributed by atoms with van der Waals surface area (Å²) in [6.45, 7) is 7.46. The predicted octanol–water partition coefficient (Wildman–Crippen LogP) is 2.22. The highest BCUT2D eigenvalue weighted by molar-refractivity contribution is 5.12. The van der Waals surface area contributed by atoms with Crippen molar-refractivity contribution in [1.82, 2.24) is 9.97 Å². The predicted molar refractivity (Wildman–Crippen MR) is 45.4 cm³/mol. The van der Waals surface area contributed by atoms with E-state index in [1.165, 1.54) is 0 Å². The van der Waals surface area contributed by atoms with Crippen molar-refractivity contribution < 1.29 is 4.39 Å². The summed E-state index contributed by atoms with van der Waals surface area (Å²) in [5, 5.41) is 0. The molecule has 0 aliphatic heterocycles. The smallest absolute Gasteiger partial charge is 0.235 e. The average Bonchev–Trinajstić information content (AvgIpc) is 1.83. The fraction of sp³-hybridized carbons (Fsp3) is 0.556. The molecule has 0 atom stereocenters. The zero-order valence-electron chi connectivity index (χ0n) is 7.85. The second-order valence-electron chi connectivity index (χ2n) is 3.90. The molecule has 0 radical (unpaired) electrons. The van der Waals surface area contributed by atoms with Crippen LogP contribution in [0.25, 0.3) is 0 Å². The minimum Gasteiger partial charge on any atom is -0.254 e. The number of hydrogen-bond acceptors (Lipinski definition) is 2. The molecule has 0 bridgehead atoms. The molecule has 2 nitrogen and oxygen atoms in total. The van der Waals surface area contributed by atoms with Crippen LogP contribution in [-0.2, 0) is 5.41 Å². The lowest BCUT2D eigenvalue weighted by atomic mass is 9.92. The molecule has 0 aromatic carbocycles. The van der Waals surface area contributed by atoms with Gasteiger partial charge in [-0.25, -0.2) is 4.98 Å². The van der Waals surface area contributed by atoms with Gasteiger partial charge in [-0.05, 0) is 6.92 Å². The van der Waals surface area contributed by atoms with E-state index in [2.05, 4.69) is 9.97 Å². The van der Waals surface area contributed by atoms with E-state index in [0.29, 0.717) is 11.4 Å². The van der Waals surface area contributed by atoms with Gasteiger partial charge in [-0.2, -0.15) is 4.39 Å². The highest BCUT2D eigenvalue weighted by atomic mass is 19.1. The highest BCUT2D eigenvalue weighted by Crippen LogP contribution is 2.21. The molecule has 1 aromatic rings. The summed E-state index contributed by atoms with van der Waals surface area (Å²) in [5.41, 5.74) is 0.763. The third-order valence-corrected chi connectivity index (χ3v) is 1.56. The number of hydrogen-bond donors (Lipinski definition) is 0. The Kier molecular flexibility index (Phi) is 2.13. The van der Waals surface area contributed by atoms with Gasteiger partial charge < -0.3 is 0 Å². The highest BCUT2D eigenvalue weighted by Gasteiger charge is 2.20. The monoisotopic (exact) mass is 168 g/mol. The molecular weight excluding hydrogens is 155 g/mol. The third kappa shape index (κ3) is 1.78. The summed E-state index contributed by atoms with van der Waals surface area (Å²) in [6.07, 6.45) is 1.59. The van der Waals surface area contributed by atoms with E-state index < -0.39 is 5.95 Å². The van der Waals surface area contributed by atoms with Crippen LogP contribution in [0.1, 0.15) is 32.2 Å². The summed E-state index contributed by atoms with van der Waals surface area (Å²) in [5.74, 6) is -0.456. The van der Waals surface area contributed by atoms with Crippen molar-refractivity contribution in [3.05, 3.63) is 23.5 Å². The molecule has 0 unspecified atom stereocenters. The van der Waals surface area contributed by atoms with E-state index in [0.717, 1.165) is 0 Å². The first kappa shape index (κ1) is 9.10. The molecule has 0 aliphatic carbocycles. The molecule has 0 saturated heterocycles. The van der Waals surface area contributed by atoms with Crippen LogP contribution in [0.2, 0.25) is 0 Å². The molecule has 12 heavy (non-hydrogen) atoms. The summed E-state index contributed by atoms with van der Waals surface area (Å²) in [7, 11) is 0. The maximum atomic E-state index is 13.2. The van der Waals surface area contributed by atoms with Crippen LogP contribution in [0.5, 0.6) is 0 Å². The zero-order valence-corrected chi connectivity index (χ0v) is 7.85. The first-order valence-electron chi connectivity index (χ1n) is 3.91. The Hall–Kier alpha value is -0.990. The van der Waals surface area contributed by atoms with Crippen molar-refractivity contribution in [3.63, 3.8) is 0 Å². The average molecular weight is 168 g/mol. The van der Waals surface area contributed by atoms with Crippen molar-refractivity contribution in [2.45, 2.75) is 33.1 Å². The lowest BCUT2D eigenvalue weighted by molar-refractivity contribution is 0.477. The third-order valence-electron chi connectivity index (χ3n) is 1.56. The Bertz CT molecular complexity index is 289. The van der Waals surface area contributed by atoms with Crippen molar-refractivity contribution in [2.75, 3.05) is 0 Å². The van der Waals surface area contributed by atoms with Crippen LogP contribution >= 0.6 is 0 Å². The van der Waals surface area contributed by atoms with E-state index >= 15 is 0 Å². The molecule has 66 valence electrons. The fourth-order valence-electron chi connectivity index (χ4n) is 0.951. The van der Waals surface area contributed by atoms with Gasteiger partial charge in [-0.15, -0.1) is 0 Å². The van der Waals surface area contributed by atoms with Crippen LogP contribution in [0, 0.1) is 12.9 Å². The van der Waals surface area contributed by atoms with Gasteiger partial charge in [0, 0.05) is 11.6 Å². The number of aromatic nitrogens is 2. The van der Waals surface area contributed by atoms with Crippen LogP contribution in [0.15, 0.2) is 6.20 Å². The van der Waals surface area contributed by atoms with E-state index in [4.69, 9.17) is 0 Å². The fourth-order valence-corrected chi connectivity index (χ4v) is 0.951. The zero-order chi connectivity index (χ0) is 9.35. The van der Waals surface area contributed by atoms with Crippen molar-refractivity contribution in [2.24, 2.45) is 0 Å². The topological polar surface area (TPSA) is 25.8 Å². The van der Waals surface area contributed by atoms with E-state index in [-0.39, 0.29) is 5.41 Å². The first-order chi connectivity index (χ1) is 5.41. The SMILES string of the molecule is Cc1cnc(C(C)(C)C)c(F)n1. The standard InChI is InChI=1S/C9H13FN2/c1-6-5-11-7(8(10)12-6)9(2,3)4/h5H,1-4H3. The lowest BCUT2D eigenvalue weighted by Gasteiger charge is -2.17. The molecule has 1 heterocycles. The van der Waals surface area contributed by atoms with Gasteiger partial charge in [0.15, 0.2) is 0 Å². The first-order valence-corrected chi connectivity index (χ1v) is 3.91. The largest absolute Gasteiger partial charge is 0.254 e. The molecule has 0 N–H and O–H groups in total. The van der Waals surface area contributed by atoms with Gasteiger partial charge in [-0.3, -0.25) is 4.98 Å². The minimum absolute atomic E-state index is 0.273. The number of halogens is 1. The van der Waals surface area contributed by atoms with Crippen LogP contribution in [-0.4, -0.2) is 9.97 Å². The van der Waals surface area contributed by atoms with Gasteiger partial charge in [0.05, 0.1) is 5.69 Å². The quantitative estimate of drug-likeness (QED) is 0.593. The second-order valence-corrected chi connectivity index (χ2v) is 3.90. The van der Waals surface area contributed by atoms with Crippen LogP contribution in [0.3, 0.4) is 0 Å². The Balaban J connectivity index is 3.19. The molecule has 1 rings (SSSR count). The van der Waals surface area contributed by atoms with Gasteiger partial charge in [0.25, 0.3) is 0 Å². The van der Waals surface area contributed by atoms with Crippen LogP contribution < -0.4 is 0 Å². The number of rotatable bonds is 0. The minimum atomic E-state index is -0.456. The Morgan fingerprint density at radius 1 is 1.33 bits per heavy atom. The molecule has 0 amide bonds. The maximum absolute atomic E-state index is 13.2. The van der Waals surface area contributed by atoms with E-state index in [1.807, 2.05) is 20.8 Å². The summed E-state index contributed by atoms with van der Waals surface area (Å²) in [6, 6.07) is 0. The Morgan fingerprint density at radius 3 is 2.33 bits per heavy atom. The van der Waals surface area contributed by atoms with Gasteiger partial charge >= 0.3 is 0 Å². The maximum Gasteiger partial charge on any atom is 0.235 e. The summed E-state index contributed by atoms with van der Waals surface area (Å²) in [4.78, 5) is 7.72. The number of nitrogens with zero attached hydrogens (tertiary/aromatic N) is 2. The van der Waals surface area contributed by atoms with Gasteiger partial charge in [0.1, 0.15) is 5.69 Å². The molecular formula is C9H13FN2. The van der Waals surface area contributed by atoms with Gasteiger partial charge in [0.2, 0.25) is 5.95 Å². The molecule has 1 aromatic heterocycles. The summed E-state index contributed by atoms with van der Waals surface area (Å²) < 4.78 is 13.2. The van der Waals surface area contributed by atoms with Crippen molar-refractivity contribution in [1.29, 1.82) is 0 Å². The number of aryl methyl sites for hydroxylation is 1. The molecule has 0 saturated carbocycles. The van der Waals surface area contributed by atoms with Crippen LogP contribution in [0.4, 0.5) is 4.39 Å². The molecule has 0 spiro atoms. The van der Waals surface area contributed by atoms with E-state index in [9.17, 15) is 4.39 Å². The summed E-state index contributed by atoms with van der Waals surface area (Å²) >= 11 is 0. The van der Waals surface area contributed by atoms with Crippen molar-refractivity contribution >= 4 is 0 Å². The van der Waals surface area contributed by atoms with E-state index in [1.54, 1.807) is 13.1 Å². The second kappa shape index (κ2) is 2.81. The normalized spacial score (nSPS) is 11.8. The molecule has 0 fully saturated rings. The Morgan fingerprint density at radius 2 is 1.92 bits per heavy atom.